The van der Waals surface area contributed by atoms with E-state index in [1.807, 2.05) is 0 Å². The molecular weight excluding hydrogens is 242 g/mol. The first-order chi connectivity index (χ1) is 9.19. The summed E-state index contributed by atoms with van der Waals surface area (Å²) in [5, 5.41) is 12.8. The lowest BCUT2D eigenvalue weighted by atomic mass is 9.85. The van der Waals surface area contributed by atoms with E-state index in [1.165, 1.54) is 6.42 Å². The second-order valence-electron chi connectivity index (χ2n) is 6.07. The van der Waals surface area contributed by atoms with Crippen LogP contribution >= 0.6 is 0 Å². The fourth-order valence-electron chi connectivity index (χ4n) is 3.45. The number of carbonyl (C=O) groups is 1. The van der Waals surface area contributed by atoms with Crippen molar-refractivity contribution in [1.29, 1.82) is 0 Å². The molecule has 2 aliphatic rings. The minimum Gasteiger partial charge on any atom is -0.481 e. The lowest BCUT2D eigenvalue weighted by Gasteiger charge is -2.35. The van der Waals surface area contributed by atoms with Gasteiger partial charge in [0.15, 0.2) is 0 Å². The predicted molar refractivity (Wildman–Crippen MR) is 74.2 cm³/mol. The van der Waals surface area contributed by atoms with Gasteiger partial charge in [0, 0.05) is 18.7 Å². The molecule has 1 saturated heterocycles. The fourth-order valence-corrected chi connectivity index (χ4v) is 3.45. The molecule has 0 bridgehead atoms. The molecule has 4 heteroatoms. The van der Waals surface area contributed by atoms with Gasteiger partial charge in [-0.25, -0.2) is 0 Å². The Hall–Kier alpha value is -0.610. The molecule has 4 nitrogen and oxygen atoms in total. The molecule has 2 N–H and O–H groups in total. The molecule has 0 aromatic carbocycles. The molecular formula is C15H27NO3. The van der Waals surface area contributed by atoms with Gasteiger partial charge in [-0.3, -0.25) is 4.79 Å². The molecule has 2 fully saturated rings. The normalized spacial score (nSPS) is 36.1. The Bertz CT molecular complexity index is 293. The van der Waals surface area contributed by atoms with Crippen LogP contribution in [0.25, 0.3) is 0 Å². The van der Waals surface area contributed by atoms with Crippen molar-refractivity contribution in [3.8, 4) is 0 Å². The molecule has 2 rings (SSSR count). The van der Waals surface area contributed by atoms with Gasteiger partial charge in [0.2, 0.25) is 0 Å². The highest BCUT2D eigenvalue weighted by atomic mass is 16.5. The van der Waals surface area contributed by atoms with E-state index in [0.29, 0.717) is 18.2 Å². The number of carboxylic acids is 1. The summed E-state index contributed by atoms with van der Waals surface area (Å²) in [6, 6.07) is 0.906. The Morgan fingerprint density at radius 1 is 1.26 bits per heavy atom. The van der Waals surface area contributed by atoms with Gasteiger partial charge in [0.1, 0.15) is 0 Å². The van der Waals surface area contributed by atoms with Crippen LogP contribution in [0, 0.1) is 5.92 Å². The van der Waals surface area contributed by atoms with Crippen LogP contribution in [0.5, 0.6) is 0 Å². The summed E-state index contributed by atoms with van der Waals surface area (Å²) >= 11 is 0. The zero-order valence-electron chi connectivity index (χ0n) is 11.9. The summed E-state index contributed by atoms with van der Waals surface area (Å²) in [7, 11) is 0. The first-order valence-corrected chi connectivity index (χ1v) is 7.79. The van der Waals surface area contributed by atoms with Gasteiger partial charge in [-0.1, -0.05) is 19.8 Å². The first kappa shape index (κ1) is 14.8. The van der Waals surface area contributed by atoms with Crippen molar-refractivity contribution in [2.75, 3.05) is 6.61 Å². The van der Waals surface area contributed by atoms with Crippen LogP contribution in [-0.2, 0) is 9.53 Å². The maximum absolute atomic E-state index is 11.1. The monoisotopic (exact) mass is 269 g/mol. The average molecular weight is 269 g/mol. The molecule has 0 amide bonds. The van der Waals surface area contributed by atoms with Crippen molar-refractivity contribution < 1.29 is 14.6 Å². The highest BCUT2D eigenvalue weighted by molar-refractivity contribution is 5.70. The summed E-state index contributed by atoms with van der Waals surface area (Å²) in [6.45, 7) is 3.04. The maximum Gasteiger partial charge on any atom is 0.306 e. The Balaban J connectivity index is 1.78. The van der Waals surface area contributed by atoms with Crippen LogP contribution in [0.15, 0.2) is 0 Å². The van der Waals surface area contributed by atoms with E-state index < -0.39 is 5.97 Å². The van der Waals surface area contributed by atoms with E-state index >= 15 is 0 Å². The number of hydrogen-bond acceptors (Lipinski definition) is 3. The second-order valence-corrected chi connectivity index (χ2v) is 6.07. The summed E-state index contributed by atoms with van der Waals surface area (Å²) in [5.41, 5.74) is 0. The maximum atomic E-state index is 11.1. The molecule has 1 aliphatic carbocycles. The highest BCUT2D eigenvalue weighted by Crippen LogP contribution is 2.26. The third-order valence-corrected chi connectivity index (χ3v) is 4.47. The molecule has 4 atom stereocenters. The summed E-state index contributed by atoms with van der Waals surface area (Å²) in [5.74, 6) is -0.764. The van der Waals surface area contributed by atoms with Crippen LogP contribution in [0.3, 0.4) is 0 Å². The van der Waals surface area contributed by atoms with Crippen molar-refractivity contribution in [3.63, 3.8) is 0 Å². The molecule has 19 heavy (non-hydrogen) atoms. The topological polar surface area (TPSA) is 58.6 Å². The molecule has 0 radical (unpaired) electrons. The fraction of sp³-hybridized carbons (Fsp3) is 0.933. The number of hydrogen-bond donors (Lipinski definition) is 2. The second kappa shape index (κ2) is 7.25. The Kier molecular flexibility index (Phi) is 5.64. The Labute approximate surface area is 115 Å². The van der Waals surface area contributed by atoms with Gasteiger partial charge in [0.25, 0.3) is 0 Å². The smallest absolute Gasteiger partial charge is 0.306 e. The third kappa shape index (κ3) is 4.46. The van der Waals surface area contributed by atoms with Crippen molar-refractivity contribution in [2.45, 2.75) is 76.5 Å². The van der Waals surface area contributed by atoms with Crippen molar-refractivity contribution in [2.24, 2.45) is 5.92 Å². The number of aliphatic carboxylic acids is 1. The molecule has 1 saturated carbocycles. The Morgan fingerprint density at radius 3 is 2.79 bits per heavy atom. The van der Waals surface area contributed by atoms with Gasteiger partial charge < -0.3 is 15.2 Å². The van der Waals surface area contributed by atoms with E-state index in [2.05, 4.69) is 12.2 Å². The third-order valence-electron chi connectivity index (χ3n) is 4.47. The molecule has 0 aromatic heterocycles. The van der Waals surface area contributed by atoms with Crippen molar-refractivity contribution in [1.82, 2.24) is 5.32 Å². The van der Waals surface area contributed by atoms with Crippen LogP contribution in [0.2, 0.25) is 0 Å². The lowest BCUT2D eigenvalue weighted by molar-refractivity contribution is -0.143. The van der Waals surface area contributed by atoms with Gasteiger partial charge in [-0.15, -0.1) is 0 Å². The SMILES string of the molecule is CCCC1CC(NC2CCCC(C(=O)O)C2)CCO1. The molecule has 110 valence electrons. The van der Waals surface area contributed by atoms with E-state index in [0.717, 1.165) is 51.6 Å². The van der Waals surface area contributed by atoms with Crippen LogP contribution in [0.4, 0.5) is 0 Å². The van der Waals surface area contributed by atoms with E-state index in [4.69, 9.17) is 9.84 Å². The summed E-state index contributed by atoms with van der Waals surface area (Å²) < 4.78 is 5.76. The molecule has 1 aliphatic heterocycles. The highest BCUT2D eigenvalue weighted by Gasteiger charge is 2.30. The molecule has 0 spiro atoms. The van der Waals surface area contributed by atoms with E-state index in [9.17, 15) is 4.79 Å². The van der Waals surface area contributed by atoms with Gasteiger partial charge in [-0.2, -0.15) is 0 Å². The minimum absolute atomic E-state index is 0.141. The number of ether oxygens (including phenoxy) is 1. The standard InChI is InChI=1S/C15H27NO3/c1-2-4-14-10-13(7-8-19-14)16-12-6-3-5-11(9-12)15(17)18/h11-14,16H,2-10H2,1H3,(H,17,18). The average Bonchev–Trinajstić information content (AvgIpc) is 2.40. The zero-order valence-corrected chi connectivity index (χ0v) is 11.9. The number of rotatable bonds is 5. The number of carboxylic acid groups (broad SMARTS) is 1. The largest absolute Gasteiger partial charge is 0.481 e. The zero-order chi connectivity index (χ0) is 13.7. The van der Waals surface area contributed by atoms with Gasteiger partial charge >= 0.3 is 5.97 Å². The van der Waals surface area contributed by atoms with Crippen molar-refractivity contribution >= 4 is 5.97 Å². The van der Waals surface area contributed by atoms with Crippen LogP contribution < -0.4 is 5.32 Å². The van der Waals surface area contributed by atoms with E-state index in [1.54, 1.807) is 0 Å². The molecule has 4 unspecified atom stereocenters. The summed E-state index contributed by atoms with van der Waals surface area (Å²) in [4.78, 5) is 11.1. The molecule has 0 aromatic rings. The minimum atomic E-state index is -0.623. The predicted octanol–water partition coefficient (Wildman–Crippen LogP) is 2.57. The molecule has 1 heterocycles. The van der Waals surface area contributed by atoms with Gasteiger partial charge in [0.05, 0.1) is 12.0 Å². The summed E-state index contributed by atoms with van der Waals surface area (Å²) in [6.07, 6.45) is 8.66. The first-order valence-electron chi connectivity index (χ1n) is 7.79. The van der Waals surface area contributed by atoms with Crippen LogP contribution in [-0.4, -0.2) is 35.9 Å². The lowest BCUT2D eigenvalue weighted by Crippen LogP contribution is -2.46. The van der Waals surface area contributed by atoms with Crippen molar-refractivity contribution in [3.05, 3.63) is 0 Å². The van der Waals surface area contributed by atoms with Gasteiger partial charge in [-0.05, 0) is 38.5 Å². The van der Waals surface area contributed by atoms with E-state index in [-0.39, 0.29) is 5.92 Å². The van der Waals surface area contributed by atoms with Crippen LogP contribution in [0.1, 0.15) is 58.3 Å². The number of nitrogens with one attached hydrogen (secondary N) is 1. The Morgan fingerprint density at radius 2 is 2.05 bits per heavy atom. The quantitative estimate of drug-likeness (QED) is 0.805.